The van der Waals surface area contributed by atoms with E-state index in [-0.39, 0.29) is 12.4 Å². The lowest BCUT2D eigenvalue weighted by molar-refractivity contribution is -0.142. The third-order valence-corrected chi connectivity index (χ3v) is 2.95. The van der Waals surface area contributed by atoms with Gasteiger partial charge in [-0.2, -0.15) is 5.26 Å². The molecule has 0 aliphatic rings. The standard InChI is InChI=1S/C12H13BrN2O2/c1-2-17-12(16)5-10-9(7-15)3-8(6-14)4-11(10)13/h3-4H,2,5-6,14H2,1H3. The van der Waals surface area contributed by atoms with Crippen molar-refractivity contribution in [2.45, 2.75) is 19.9 Å². The Morgan fingerprint density at radius 1 is 1.59 bits per heavy atom. The largest absolute Gasteiger partial charge is 0.466 e. The van der Waals surface area contributed by atoms with Crippen LogP contribution < -0.4 is 5.73 Å². The van der Waals surface area contributed by atoms with Gasteiger partial charge in [0.05, 0.1) is 24.7 Å². The molecule has 0 aliphatic carbocycles. The Hall–Kier alpha value is -1.38. The highest BCUT2D eigenvalue weighted by atomic mass is 79.9. The first-order chi connectivity index (χ1) is 8.12. The van der Waals surface area contributed by atoms with E-state index in [0.717, 1.165) is 5.56 Å². The zero-order chi connectivity index (χ0) is 12.8. The Bertz CT molecular complexity index is 466. The molecule has 1 rings (SSSR count). The first kappa shape index (κ1) is 13.7. The van der Waals surface area contributed by atoms with Crippen molar-refractivity contribution in [3.63, 3.8) is 0 Å². The summed E-state index contributed by atoms with van der Waals surface area (Å²) in [5, 5.41) is 9.04. The molecule has 0 atom stereocenters. The van der Waals surface area contributed by atoms with Crippen molar-refractivity contribution in [2.24, 2.45) is 5.73 Å². The van der Waals surface area contributed by atoms with Crippen molar-refractivity contribution >= 4 is 21.9 Å². The predicted octanol–water partition coefficient (Wildman–Crippen LogP) is 1.89. The molecule has 0 heterocycles. The molecule has 2 N–H and O–H groups in total. The minimum Gasteiger partial charge on any atom is -0.466 e. The van der Waals surface area contributed by atoms with Crippen molar-refractivity contribution < 1.29 is 9.53 Å². The third-order valence-electron chi connectivity index (χ3n) is 2.24. The van der Waals surface area contributed by atoms with Crippen molar-refractivity contribution in [1.82, 2.24) is 0 Å². The summed E-state index contributed by atoms with van der Waals surface area (Å²) in [6.07, 6.45) is 0.0855. The summed E-state index contributed by atoms with van der Waals surface area (Å²) in [5.74, 6) is -0.342. The van der Waals surface area contributed by atoms with Crippen LogP contribution in [-0.4, -0.2) is 12.6 Å². The van der Waals surface area contributed by atoms with Crippen LogP contribution in [0.15, 0.2) is 16.6 Å². The van der Waals surface area contributed by atoms with Gasteiger partial charge in [0, 0.05) is 11.0 Å². The van der Waals surface area contributed by atoms with Crippen LogP contribution in [0.3, 0.4) is 0 Å². The Kier molecular flexibility index (Phi) is 5.13. The first-order valence-corrected chi connectivity index (χ1v) is 5.98. The number of esters is 1. The number of nitriles is 1. The molecule has 0 saturated carbocycles. The van der Waals surface area contributed by atoms with Gasteiger partial charge in [-0.05, 0) is 30.2 Å². The number of carbonyl (C=O) groups excluding carboxylic acids is 1. The number of carbonyl (C=O) groups is 1. The molecule has 0 spiro atoms. The number of ether oxygens (including phenoxy) is 1. The van der Waals surface area contributed by atoms with E-state index in [4.69, 9.17) is 15.7 Å². The van der Waals surface area contributed by atoms with E-state index in [1.807, 2.05) is 6.07 Å². The summed E-state index contributed by atoms with van der Waals surface area (Å²) in [6, 6.07) is 5.57. The molecule has 0 bridgehead atoms. The number of benzene rings is 1. The summed E-state index contributed by atoms with van der Waals surface area (Å²) >= 11 is 3.34. The van der Waals surface area contributed by atoms with Crippen molar-refractivity contribution in [3.05, 3.63) is 33.3 Å². The summed E-state index contributed by atoms with van der Waals surface area (Å²) < 4.78 is 5.58. The minimum atomic E-state index is -0.342. The fourth-order valence-electron chi connectivity index (χ4n) is 1.45. The predicted molar refractivity (Wildman–Crippen MR) is 67.1 cm³/mol. The Balaban J connectivity index is 3.07. The van der Waals surface area contributed by atoms with Crippen LogP contribution in [0.1, 0.15) is 23.6 Å². The van der Waals surface area contributed by atoms with E-state index in [9.17, 15) is 4.79 Å². The Morgan fingerprint density at radius 2 is 2.29 bits per heavy atom. The summed E-state index contributed by atoms with van der Waals surface area (Å²) in [4.78, 5) is 11.4. The Morgan fingerprint density at radius 3 is 2.82 bits per heavy atom. The summed E-state index contributed by atoms with van der Waals surface area (Å²) in [6.45, 7) is 2.43. The van der Waals surface area contributed by atoms with Gasteiger partial charge in [0.2, 0.25) is 0 Å². The van der Waals surface area contributed by atoms with Gasteiger partial charge >= 0.3 is 5.97 Å². The lowest BCUT2D eigenvalue weighted by atomic mass is 10.0. The van der Waals surface area contributed by atoms with E-state index in [1.54, 1.807) is 13.0 Å². The fraction of sp³-hybridized carbons (Fsp3) is 0.333. The normalized spacial score (nSPS) is 9.76. The number of halogens is 1. The van der Waals surface area contributed by atoms with Crippen molar-refractivity contribution in [2.75, 3.05) is 6.61 Å². The maximum atomic E-state index is 11.4. The SMILES string of the molecule is CCOC(=O)Cc1c(Br)cc(CN)cc1C#N. The molecule has 0 aliphatic heterocycles. The third kappa shape index (κ3) is 3.55. The lowest BCUT2D eigenvalue weighted by Crippen LogP contribution is -2.10. The van der Waals surface area contributed by atoms with Gasteiger partial charge in [0.1, 0.15) is 0 Å². The summed E-state index contributed by atoms with van der Waals surface area (Å²) in [7, 11) is 0. The molecular weight excluding hydrogens is 284 g/mol. The smallest absolute Gasteiger partial charge is 0.310 e. The Labute approximate surface area is 108 Å². The minimum absolute atomic E-state index is 0.0855. The molecule has 4 nitrogen and oxygen atoms in total. The van der Waals surface area contributed by atoms with E-state index < -0.39 is 0 Å². The van der Waals surface area contributed by atoms with Gasteiger partial charge in [0.25, 0.3) is 0 Å². The second-order valence-corrected chi connectivity index (χ2v) is 4.26. The van der Waals surface area contributed by atoms with Crippen LogP contribution in [-0.2, 0) is 22.5 Å². The topological polar surface area (TPSA) is 76.1 Å². The van der Waals surface area contributed by atoms with E-state index >= 15 is 0 Å². The lowest BCUT2D eigenvalue weighted by Gasteiger charge is -2.08. The van der Waals surface area contributed by atoms with E-state index in [1.165, 1.54) is 0 Å². The molecule has 5 heteroatoms. The summed E-state index contributed by atoms with van der Waals surface area (Å²) in [5.41, 5.74) is 7.46. The van der Waals surface area contributed by atoms with Gasteiger partial charge in [-0.3, -0.25) is 4.79 Å². The fourth-order valence-corrected chi connectivity index (χ4v) is 2.09. The molecule has 90 valence electrons. The van der Waals surface area contributed by atoms with Gasteiger partial charge in [-0.25, -0.2) is 0 Å². The monoisotopic (exact) mass is 296 g/mol. The van der Waals surface area contributed by atoms with Gasteiger partial charge in [-0.1, -0.05) is 15.9 Å². The molecule has 0 radical (unpaired) electrons. The molecule has 0 unspecified atom stereocenters. The number of rotatable bonds is 4. The van der Waals surface area contributed by atoms with Crippen LogP contribution in [0.5, 0.6) is 0 Å². The first-order valence-electron chi connectivity index (χ1n) is 5.19. The number of nitrogens with two attached hydrogens (primary N) is 1. The van der Waals surface area contributed by atoms with E-state index in [2.05, 4.69) is 22.0 Å². The van der Waals surface area contributed by atoms with Crippen LogP contribution in [0.4, 0.5) is 0 Å². The molecule has 17 heavy (non-hydrogen) atoms. The number of hydrogen-bond acceptors (Lipinski definition) is 4. The molecule has 0 amide bonds. The van der Waals surface area contributed by atoms with Crippen LogP contribution in [0, 0.1) is 11.3 Å². The average Bonchev–Trinajstić information content (AvgIpc) is 2.31. The highest BCUT2D eigenvalue weighted by Crippen LogP contribution is 2.23. The number of hydrogen-bond donors (Lipinski definition) is 1. The van der Waals surface area contributed by atoms with Gasteiger partial charge < -0.3 is 10.5 Å². The van der Waals surface area contributed by atoms with Gasteiger partial charge in [-0.15, -0.1) is 0 Å². The quantitative estimate of drug-likeness (QED) is 0.861. The maximum Gasteiger partial charge on any atom is 0.310 e. The van der Waals surface area contributed by atoms with Crippen LogP contribution in [0.25, 0.3) is 0 Å². The number of nitrogens with zero attached hydrogens (tertiary/aromatic N) is 1. The highest BCUT2D eigenvalue weighted by molar-refractivity contribution is 9.10. The second-order valence-electron chi connectivity index (χ2n) is 3.40. The van der Waals surface area contributed by atoms with Crippen molar-refractivity contribution in [1.29, 1.82) is 5.26 Å². The molecule has 1 aromatic carbocycles. The van der Waals surface area contributed by atoms with Crippen molar-refractivity contribution in [3.8, 4) is 6.07 Å². The zero-order valence-electron chi connectivity index (χ0n) is 9.50. The molecule has 1 aromatic rings. The highest BCUT2D eigenvalue weighted by Gasteiger charge is 2.13. The second kappa shape index (κ2) is 6.38. The van der Waals surface area contributed by atoms with Crippen LogP contribution in [0.2, 0.25) is 0 Å². The molecule has 0 fully saturated rings. The van der Waals surface area contributed by atoms with Crippen LogP contribution >= 0.6 is 15.9 Å². The maximum absolute atomic E-state index is 11.4. The van der Waals surface area contributed by atoms with E-state index in [0.29, 0.717) is 28.8 Å². The molecular formula is C12H13BrN2O2. The molecule has 0 aromatic heterocycles. The van der Waals surface area contributed by atoms with Gasteiger partial charge in [0.15, 0.2) is 0 Å². The average molecular weight is 297 g/mol. The zero-order valence-corrected chi connectivity index (χ0v) is 11.1. The molecule has 0 saturated heterocycles.